The molecular formula is C17H25NOS. The molecule has 110 valence electrons. The van der Waals surface area contributed by atoms with Gasteiger partial charge in [0, 0.05) is 18.7 Å². The number of hydrogen-bond acceptors (Lipinski definition) is 3. The van der Waals surface area contributed by atoms with E-state index in [-0.39, 0.29) is 5.60 Å². The molecule has 0 bridgehead atoms. The second kappa shape index (κ2) is 6.50. The van der Waals surface area contributed by atoms with Crippen molar-refractivity contribution < 1.29 is 4.74 Å². The van der Waals surface area contributed by atoms with Crippen LogP contribution in [0.1, 0.15) is 44.2 Å². The predicted octanol–water partition coefficient (Wildman–Crippen LogP) is 3.78. The highest BCUT2D eigenvalue weighted by Crippen LogP contribution is 2.38. The van der Waals surface area contributed by atoms with Gasteiger partial charge in [-0.15, -0.1) is 0 Å². The van der Waals surface area contributed by atoms with Crippen LogP contribution in [0.5, 0.6) is 0 Å². The minimum atomic E-state index is 0.178. The molecule has 0 radical (unpaired) electrons. The number of benzene rings is 1. The Balaban J connectivity index is 1.60. The lowest BCUT2D eigenvalue weighted by atomic mass is 9.85. The van der Waals surface area contributed by atoms with Crippen LogP contribution < -0.4 is 5.32 Å². The Morgan fingerprint density at radius 3 is 2.75 bits per heavy atom. The van der Waals surface area contributed by atoms with E-state index in [4.69, 9.17) is 4.74 Å². The van der Waals surface area contributed by atoms with Crippen molar-refractivity contribution in [3.05, 3.63) is 35.9 Å². The summed E-state index contributed by atoms with van der Waals surface area (Å²) in [5.41, 5.74) is 1.56. The summed E-state index contributed by atoms with van der Waals surface area (Å²) in [6, 6.07) is 11.8. The summed E-state index contributed by atoms with van der Waals surface area (Å²) in [4.78, 5) is 0. The van der Waals surface area contributed by atoms with E-state index in [2.05, 4.69) is 54.3 Å². The Labute approximate surface area is 126 Å². The van der Waals surface area contributed by atoms with Crippen molar-refractivity contribution >= 4 is 11.8 Å². The van der Waals surface area contributed by atoms with E-state index in [0.717, 1.165) is 13.0 Å². The van der Waals surface area contributed by atoms with Gasteiger partial charge in [0.1, 0.15) is 0 Å². The largest absolute Gasteiger partial charge is 0.375 e. The fraction of sp³-hybridized carbons (Fsp3) is 0.647. The molecular weight excluding hydrogens is 266 g/mol. The smallest absolute Gasteiger partial charge is 0.0713 e. The molecule has 2 atom stereocenters. The molecule has 2 unspecified atom stereocenters. The lowest BCUT2D eigenvalue weighted by molar-refractivity contribution is -0.0940. The monoisotopic (exact) mass is 291 g/mol. The average molecular weight is 291 g/mol. The van der Waals surface area contributed by atoms with Crippen LogP contribution in [-0.2, 0) is 4.74 Å². The maximum atomic E-state index is 6.17. The summed E-state index contributed by atoms with van der Waals surface area (Å²) in [5.74, 6) is 2.53. The third-order valence-electron chi connectivity index (χ3n) is 4.68. The molecule has 0 aromatic heterocycles. The topological polar surface area (TPSA) is 21.3 Å². The Morgan fingerprint density at radius 1 is 1.25 bits per heavy atom. The molecule has 2 aliphatic heterocycles. The Bertz CT molecular complexity index is 411. The van der Waals surface area contributed by atoms with Crippen LogP contribution in [0.25, 0.3) is 0 Å². The highest BCUT2D eigenvalue weighted by Gasteiger charge is 2.38. The van der Waals surface area contributed by atoms with Crippen molar-refractivity contribution in [1.29, 1.82) is 0 Å². The third-order valence-corrected chi connectivity index (χ3v) is 5.67. The van der Waals surface area contributed by atoms with Crippen LogP contribution >= 0.6 is 11.8 Å². The molecule has 2 nitrogen and oxygen atoms in total. The number of ether oxygens (including phenoxy) is 1. The van der Waals surface area contributed by atoms with Crippen LogP contribution in [0.15, 0.2) is 30.3 Å². The maximum absolute atomic E-state index is 6.17. The van der Waals surface area contributed by atoms with E-state index in [1.165, 1.54) is 36.3 Å². The van der Waals surface area contributed by atoms with Crippen molar-refractivity contribution in [2.75, 3.05) is 18.1 Å². The van der Waals surface area contributed by atoms with Crippen LogP contribution in [0.4, 0.5) is 0 Å². The molecule has 2 fully saturated rings. The SMILES string of the molecule is CC(NC1CCOC2(CCSCC2)C1)c1ccccc1. The zero-order valence-electron chi connectivity index (χ0n) is 12.3. The molecule has 0 saturated carbocycles. The molecule has 0 aliphatic carbocycles. The van der Waals surface area contributed by atoms with E-state index >= 15 is 0 Å². The van der Waals surface area contributed by atoms with Crippen LogP contribution in [-0.4, -0.2) is 29.8 Å². The number of nitrogens with one attached hydrogen (secondary N) is 1. The predicted molar refractivity (Wildman–Crippen MR) is 86.3 cm³/mol. The first-order valence-electron chi connectivity index (χ1n) is 7.80. The summed E-state index contributed by atoms with van der Waals surface area (Å²) in [6.07, 6.45) is 4.79. The standard InChI is InChI=1S/C17H25NOS/c1-14(15-5-3-2-4-6-15)18-16-7-10-19-17(13-16)8-11-20-12-9-17/h2-6,14,16,18H,7-13H2,1H3. The lowest BCUT2D eigenvalue weighted by Crippen LogP contribution is -2.49. The van der Waals surface area contributed by atoms with E-state index in [0.29, 0.717) is 12.1 Å². The van der Waals surface area contributed by atoms with Gasteiger partial charge in [-0.2, -0.15) is 11.8 Å². The highest BCUT2D eigenvalue weighted by atomic mass is 32.2. The number of thioether (sulfide) groups is 1. The van der Waals surface area contributed by atoms with E-state index in [9.17, 15) is 0 Å². The molecule has 0 amide bonds. The summed E-state index contributed by atoms with van der Waals surface area (Å²) in [5, 5.41) is 3.82. The molecule has 20 heavy (non-hydrogen) atoms. The Hall–Kier alpha value is -0.510. The molecule has 2 aliphatic rings. The molecule has 3 rings (SSSR count). The first-order chi connectivity index (χ1) is 9.77. The van der Waals surface area contributed by atoms with Crippen LogP contribution in [0.3, 0.4) is 0 Å². The molecule has 1 N–H and O–H groups in total. The van der Waals surface area contributed by atoms with Gasteiger partial charge in [-0.05, 0) is 49.7 Å². The Morgan fingerprint density at radius 2 is 2.00 bits per heavy atom. The number of rotatable bonds is 3. The molecule has 1 aromatic carbocycles. The normalized spacial score (nSPS) is 27.4. The summed E-state index contributed by atoms with van der Waals surface area (Å²) in [6.45, 7) is 3.19. The van der Waals surface area contributed by atoms with Crippen molar-refractivity contribution in [2.24, 2.45) is 0 Å². The van der Waals surface area contributed by atoms with Gasteiger partial charge in [0.25, 0.3) is 0 Å². The summed E-state index contributed by atoms with van der Waals surface area (Å²) in [7, 11) is 0. The fourth-order valence-corrected chi connectivity index (χ4v) is 4.69. The first kappa shape index (κ1) is 14.4. The highest BCUT2D eigenvalue weighted by molar-refractivity contribution is 7.99. The quantitative estimate of drug-likeness (QED) is 0.915. The van der Waals surface area contributed by atoms with Crippen molar-refractivity contribution in [2.45, 2.75) is 50.3 Å². The van der Waals surface area contributed by atoms with Gasteiger partial charge in [-0.25, -0.2) is 0 Å². The van der Waals surface area contributed by atoms with Crippen LogP contribution in [0.2, 0.25) is 0 Å². The van der Waals surface area contributed by atoms with Gasteiger partial charge in [-0.3, -0.25) is 0 Å². The maximum Gasteiger partial charge on any atom is 0.0713 e. The van der Waals surface area contributed by atoms with E-state index < -0.39 is 0 Å². The third kappa shape index (κ3) is 3.38. The summed E-state index contributed by atoms with van der Waals surface area (Å²) >= 11 is 2.07. The molecule has 1 aromatic rings. The second-order valence-electron chi connectivity index (χ2n) is 6.13. The first-order valence-corrected chi connectivity index (χ1v) is 8.96. The molecule has 2 heterocycles. The minimum Gasteiger partial charge on any atom is -0.375 e. The Kier molecular flexibility index (Phi) is 4.69. The second-order valence-corrected chi connectivity index (χ2v) is 7.36. The van der Waals surface area contributed by atoms with Crippen molar-refractivity contribution in [1.82, 2.24) is 5.32 Å². The fourth-order valence-electron chi connectivity index (χ4n) is 3.45. The van der Waals surface area contributed by atoms with Gasteiger partial charge in [0.15, 0.2) is 0 Å². The zero-order valence-corrected chi connectivity index (χ0v) is 13.1. The van der Waals surface area contributed by atoms with Gasteiger partial charge in [0.05, 0.1) is 5.60 Å². The average Bonchev–Trinajstić information content (AvgIpc) is 2.49. The van der Waals surface area contributed by atoms with E-state index in [1.54, 1.807) is 0 Å². The number of hydrogen-bond donors (Lipinski definition) is 1. The molecule has 3 heteroatoms. The minimum absolute atomic E-state index is 0.178. The zero-order chi connectivity index (χ0) is 13.8. The van der Waals surface area contributed by atoms with Crippen molar-refractivity contribution in [3.63, 3.8) is 0 Å². The molecule has 2 saturated heterocycles. The van der Waals surface area contributed by atoms with Gasteiger partial charge < -0.3 is 10.1 Å². The van der Waals surface area contributed by atoms with Gasteiger partial charge >= 0.3 is 0 Å². The van der Waals surface area contributed by atoms with Gasteiger partial charge in [0.2, 0.25) is 0 Å². The van der Waals surface area contributed by atoms with E-state index in [1.807, 2.05) is 0 Å². The molecule has 1 spiro atoms. The lowest BCUT2D eigenvalue weighted by Gasteiger charge is -2.44. The summed E-state index contributed by atoms with van der Waals surface area (Å²) < 4.78 is 6.17. The van der Waals surface area contributed by atoms with Crippen molar-refractivity contribution in [3.8, 4) is 0 Å². The van der Waals surface area contributed by atoms with Gasteiger partial charge in [-0.1, -0.05) is 30.3 Å². The van der Waals surface area contributed by atoms with Crippen LogP contribution in [0, 0.1) is 0 Å².